The van der Waals surface area contributed by atoms with Crippen LogP contribution in [0.2, 0.25) is 0 Å². The maximum atomic E-state index is 12.2. The summed E-state index contributed by atoms with van der Waals surface area (Å²) in [7, 11) is 0. The number of H-pyrrole nitrogens is 1. The van der Waals surface area contributed by atoms with E-state index in [9.17, 15) is 4.79 Å². The fraction of sp³-hybridized carbons (Fsp3) is 0.562. The summed E-state index contributed by atoms with van der Waals surface area (Å²) in [6, 6.07) is 7.13. The number of nitrogens with one attached hydrogen (secondary N) is 1. The van der Waals surface area contributed by atoms with Crippen molar-refractivity contribution in [1.82, 2.24) is 14.5 Å². The van der Waals surface area contributed by atoms with E-state index >= 15 is 0 Å². The standard InChI is InChI=1S/C16H23N3O/c1-11(2)18-9-5-7-13(18)10-19-14-8-4-6-12(3)15(14)17-16(19)20/h4,6,8,11,13H,5,7,9-10H2,1-3H3,(H,17,20). The van der Waals surface area contributed by atoms with Crippen LogP contribution >= 0.6 is 0 Å². The summed E-state index contributed by atoms with van der Waals surface area (Å²) in [4.78, 5) is 17.8. The molecule has 0 aliphatic carbocycles. The summed E-state index contributed by atoms with van der Waals surface area (Å²) < 4.78 is 1.91. The van der Waals surface area contributed by atoms with E-state index in [-0.39, 0.29) is 5.69 Å². The highest BCUT2D eigenvalue weighted by molar-refractivity contribution is 5.78. The summed E-state index contributed by atoms with van der Waals surface area (Å²) in [5, 5.41) is 0. The molecule has 1 fully saturated rings. The average molecular weight is 273 g/mol. The topological polar surface area (TPSA) is 41.0 Å². The number of aromatic nitrogens is 2. The van der Waals surface area contributed by atoms with Gasteiger partial charge in [-0.3, -0.25) is 9.47 Å². The monoisotopic (exact) mass is 273 g/mol. The lowest BCUT2D eigenvalue weighted by molar-refractivity contribution is 0.187. The van der Waals surface area contributed by atoms with Crippen molar-refractivity contribution >= 4 is 11.0 Å². The second-order valence-electron chi connectivity index (χ2n) is 6.14. The van der Waals surface area contributed by atoms with E-state index in [2.05, 4.69) is 23.7 Å². The third-order valence-corrected chi connectivity index (χ3v) is 4.50. The Hall–Kier alpha value is -1.55. The van der Waals surface area contributed by atoms with E-state index in [0.717, 1.165) is 29.7 Å². The number of benzene rings is 1. The number of hydrogen-bond acceptors (Lipinski definition) is 2. The van der Waals surface area contributed by atoms with Gasteiger partial charge in [-0.15, -0.1) is 0 Å². The minimum absolute atomic E-state index is 0.0184. The van der Waals surface area contributed by atoms with Crippen molar-refractivity contribution in [2.75, 3.05) is 6.54 Å². The first kappa shape index (κ1) is 13.4. The predicted molar refractivity (Wildman–Crippen MR) is 82.2 cm³/mol. The lowest BCUT2D eigenvalue weighted by Crippen LogP contribution is -2.39. The molecule has 0 radical (unpaired) electrons. The highest BCUT2D eigenvalue weighted by Crippen LogP contribution is 2.23. The van der Waals surface area contributed by atoms with Crippen molar-refractivity contribution in [3.63, 3.8) is 0 Å². The largest absolute Gasteiger partial charge is 0.326 e. The van der Waals surface area contributed by atoms with Gasteiger partial charge in [-0.2, -0.15) is 0 Å². The molecule has 1 saturated heterocycles. The van der Waals surface area contributed by atoms with E-state index in [0.29, 0.717) is 12.1 Å². The van der Waals surface area contributed by atoms with Gasteiger partial charge in [0, 0.05) is 18.6 Å². The molecule has 20 heavy (non-hydrogen) atoms. The number of nitrogens with zero attached hydrogens (tertiary/aromatic N) is 2. The number of para-hydroxylation sites is 1. The van der Waals surface area contributed by atoms with E-state index < -0.39 is 0 Å². The minimum atomic E-state index is 0.0184. The van der Waals surface area contributed by atoms with Gasteiger partial charge >= 0.3 is 5.69 Å². The van der Waals surface area contributed by atoms with Gasteiger partial charge in [0.1, 0.15) is 0 Å². The molecule has 1 N–H and O–H groups in total. The molecule has 4 nitrogen and oxygen atoms in total. The van der Waals surface area contributed by atoms with E-state index in [1.807, 2.05) is 29.7 Å². The van der Waals surface area contributed by atoms with Gasteiger partial charge in [0.05, 0.1) is 11.0 Å². The molecule has 2 aromatic rings. The third-order valence-electron chi connectivity index (χ3n) is 4.50. The zero-order chi connectivity index (χ0) is 14.3. The number of imidazole rings is 1. The summed E-state index contributed by atoms with van der Waals surface area (Å²) in [5.74, 6) is 0. The highest BCUT2D eigenvalue weighted by Gasteiger charge is 2.27. The molecule has 0 saturated carbocycles. The Morgan fingerprint density at radius 3 is 2.95 bits per heavy atom. The van der Waals surface area contributed by atoms with Crippen molar-refractivity contribution in [2.24, 2.45) is 0 Å². The van der Waals surface area contributed by atoms with Crippen LogP contribution in [0.1, 0.15) is 32.3 Å². The number of aryl methyl sites for hydroxylation is 1. The zero-order valence-corrected chi connectivity index (χ0v) is 12.5. The van der Waals surface area contributed by atoms with Crippen LogP contribution in [-0.4, -0.2) is 33.1 Å². The zero-order valence-electron chi connectivity index (χ0n) is 12.5. The van der Waals surface area contributed by atoms with E-state index in [4.69, 9.17) is 0 Å². The van der Waals surface area contributed by atoms with Crippen LogP contribution in [0.25, 0.3) is 11.0 Å². The molecule has 0 spiro atoms. The molecule has 0 amide bonds. The Kier molecular flexibility index (Phi) is 3.42. The molecule has 1 aliphatic rings. The summed E-state index contributed by atoms with van der Waals surface area (Å²) >= 11 is 0. The fourth-order valence-corrected chi connectivity index (χ4v) is 3.45. The average Bonchev–Trinajstić information content (AvgIpc) is 2.98. The Bertz CT molecular complexity index is 668. The van der Waals surface area contributed by atoms with E-state index in [1.165, 1.54) is 12.8 Å². The normalized spacial score (nSPS) is 20.3. The van der Waals surface area contributed by atoms with Gasteiger partial charge in [0.15, 0.2) is 0 Å². The maximum absolute atomic E-state index is 12.2. The molecule has 1 unspecified atom stereocenters. The van der Waals surface area contributed by atoms with Crippen molar-refractivity contribution in [1.29, 1.82) is 0 Å². The number of hydrogen-bond donors (Lipinski definition) is 1. The lowest BCUT2D eigenvalue weighted by Gasteiger charge is -2.28. The smallest absolute Gasteiger partial charge is 0.305 e. The number of rotatable bonds is 3. The van der Waals surface area contributed by atoms with Gasteiger partial charge in [-0.05, 0) is 51.8 Å². The first-order chi connectivity index (χ1) is 9.58. The molecule has 108 valence electrons. The maximum Gasteiger partial charge on any atom is 0.326 e. The van der Waals surface area contributed by atoms with Crippen LogP contribution in [0.5, 0.6) is 0 Å². The molecular weight excluding hydrogens is 250 g/mol. The van der Waals surface area contributed by atoms with Crippen LogP contribution in [0, 0.1) is 6.92 Å². The first-order valence-corrected chi connectivity index (χ1v) is 7.52. The first-order valence-electron chi connectivity index (χ1n) is 7.52. The van der Waals surface area contributed by atoms with Crippen LogP contribution in [0.3, 0.4) is 0 Å². The number of aromatic amines is 1. The Balaban J connectivity index is 1.97. The second-order valence-corrected chi connectivity index (χ2v) is 6.14. The molecule has 3 rings (SSSR count). The van der Waals surface area contributed by atoms with Crippen molar-refractivity contribution in [3.05, 3.63) is 34.2 Å². The van der Waals surface area contributed by atoms with Gasteiger partial charge in [-0.1, -0.05) is 12.1 Å². The molecule has 4 heteroatoms. The molecule has 2 heterocycles. The van der Waals surface area contributed by atoms with Crippen molar-refractivity contribution in [2.45, 2.75) is 52.2 Å². The molecule has 0 bridgehead atoms. The molecule has 1 aromatic carbocycles. The van der Waals surface area contributed by atoms with Gasteiger partial charge in [0.2, 0.25) is 0 Å². The molecule has 1 aliphatic heterocycles. The van der Waals surface area contributed by atoms with Crippen molar-refractivity contribution in [3.8, 4) is 0 Å². The van der Waals surface area contributed by atoms with Crippen molar-refractivity contribution < 1.29 is 0 Å². The van der Waals surface area contributed by atoms with Crippen LogP contribution in [-0.2, 0) is 6.54 Å². The van der Waals surface area contributed by atoms with Crippen LogP contribution < -0.4 is 5.69 Å². The second kappa shape index (κ2) is 5.09. The molecular formula is C16H23N3O. The van der Waals surface area contributed by atoms with E-state index in [1.54, 1.807) is 0 Å². The van der Waals surface area contributed by atoms with Gasteiger partial charge in [-0.25, -0.2) is 4.79 Å². The lowest BCUT2D eigenvalue weighted by atomic mass is 10.2. The Morgan fingerprint density at radius 2 is 2.20 bits per heavy atom. The third kappa shape index (κ3) is 2.18. The number of likely N-dealkylation sites (tertiary alicyclic amines) is 1. The predicted octanol–water partition coefficient (Wildman–Crippen LogP) is 2.51. The summed E-state index contributed by atoms with van der Waals surface area (Å²) in [6.07, 6.45) is 2.42. The van der Waals surface area contributed by atoms with Crippen LogP contribution in [0.15, 0.2) is 23.0 Å². The van der Waals surface area contributed by atoms with Gasteiger partial charge in [0.25, 0.3) is 0 Å². The molecule has 1 atom stereocenters. The highest BCUT2D eigenvalue weighted by atomic mass is 16.1. The summed E-state index contributed by atoms with van der Waals surface area (Å²) in [6.45, 7) is 8.46. The van der Waals surface area contributed by atoms with Crippen LogP contribution in [0.4, 0.5) is 0 Å². The number of fused-ring (bicyclic) bond motifs is 1. The van der Waals surface area contributed by atoms with Gasteiger partial charge < -0.3 is 4.98 Å². The fourth-order valence-electron chi connectivity index (χ4n) is 3.45. The SMILES string of the molecule is Cc1cccc2c1[nH]c(=O)n2CC1CCCN1C(C)C. The Morgan fingerprint density at radius 1 is 1.40 bits per heavy atom. The summed E-state index contributed by atoms with van der Waals surface area (Å²) in [5.41, 5.74) is 3.16. The Labute approximate surface area is 119 Å². The molecule has 1 aromatic heterocycles. The minimum Gasteiger partial charge on any atom is -0.305 e. The quantitative estimate of drug-likeness (QED) is 0.933.